The van der Waals surface area contributed by atoms with Gasteiger partial charge in [0.2, 0.25) is 11.6 Å². The van der Waals surface area contributed by atoms with Gasteiger partial charge < -0.3 is 10.6 Å². The Hall–Kier alpha value is -1.72. The van der Waals surface area contributed by atoms with E-state index in [0.717, 1.165) is 0 Å². The van der Waals surface area contributed by atoms with E-state index in [1.165, 1.54) is 0 Å². The molecular weight excluding hydrogens is 332 g/mol. The second-order valence-electron chi connectivity index (χ2n) is 10.6. The molecule has 0 spiro atoms. The van der Waals surface area contributed by atoms with Gasteiger partial charge >= 0.3 is 0 Å². The number of carbonyl (C=O) groups excluding carboxylic acids is 4. The Morgan fingerprint density at radius 1 is 0.462 bits per heavy atom. The van der Waals surface area contributed by atoms with Crippen molar-refractivity contribution in [2.45, 2.75) is 94.2 Å². The van der Waals surface area contributed by atoms with Crippen LogP contribution >= 0.6 is 0 Å². The summed E-state index contributed by atoms with van der Waals surface area (Å²) < 4.78 is 0. The molecule has 0 fully saturated rings. The van der Waals surface area contributed by atoms with E-state index in [-0.39, 0.29) is 22.6 Å². The van der Waals surface area contributed by atoms with E-state index in [1.807, 2.05) is 41.5 Å². The fourth-order valence-electron chi connectivity index (χ4n) is 1.48. The van der Waals surface area contributed by atoms with Crippen LogP contribution in [-0.2, 0) is 19.2 Å². The molecule has 26 heavy (non-hydrogen) atoms. The average Bonchev–Trinajstić information content (AvgIpc) is 2.31. The van der Waals surface area contributed by atoms with Crippen LogP contribution in [0.2, 0.25) is 0 Å². The fourth-order valence-corrected chi connectivity index (χ4v) is 1.48. The number of rotatable bonds is 2. The predicted octanol–water partition coefficient (Wildman–Crippen LogP) is 3.03. The van der Waals surface area contributed by atoms with Crippen molar-refractivity contribution in [3.05, 3.63) is 0 Å². The van der Waals surface area contributed by atoms with Gasteiger partial charge in [0.05, 0.1) is 0 Å². The highest BCUT2D eigenvalue weighted by Gasteiger charge is 2.31. The van der Waals surface area contributed by atoms with E-state index in [1.54, 1.807) is 41.5 Å². The van der Waals surface area contributed by atoms with Crippen molar-refractivity contribution in [3.63, 3.8) is 0 Å². The summed E-state index contributed by atoms with van der Waals surface area (Å²) in [6.07, 6.45) is 0. The van der Waals surface area contributed by atoms with Gasteiger partial charge in [0.1, 0.15) is 0 Å². The Morgan fingerprint density at radius 2 is 0.654 bits per heavy atom. The van der Waals surface area contributed by atoms with E-state index in [0.29, 0.717) is 0 Å². The first kappa shape index (κ1) is 26.5. The minimum absolute atomic E-state index is 0.349. The Morgan fingerprint density at radius 3 is 0.769 bits per heavy atom. The molecule has 0 aromatic rings. The molecule has 0 aliphatic heterocycles. The zero-order valence-electron chi connectivity index (χ0n) is 18.6. The van der Waals surface area contributed by atoms with Gasteiger partial charge in [0.15, 0.2) is 0 Å². The number of hydrogen-bond acceptors (Lipinski definition) is 4. The molecule has 6 heteroatoms. The summed E-state index contributed by atoms with van der Waals surface area (Å²) in [6.45, 7) is 21.5. The lowest BCUT2D eigenvalue weighted by Gasteiger charge is -2.23. The number of nitrogens with one attached hydrogen (secondary N) is 2. The molecule has 0 aromatic heterocycles. The topological polar surface area (TPSA) is 92.3 Å². The minimum atomic E-state index is -0.602. The first-order valence-electron chi connectivity index (χ1n) is 8.82. The quantitative estimate of drug-likeness (QED) is 0.731. The van der Waals surface area contributed by atoms with E-state index in [2.05, 4.69) is 10.6 Å². The minimum Gasteiger partial charge on any atom is -0.345 e. The maximum Gasteiger partial charge on any atom is 0.288 e. The van der Waals surface area contributed by atoms with Gasteiger partial charge in [-0.05, 0) is 41.5 Å². The molecule has 0 saturated carbocycles. The smallest absolute Gasteiger partial charge is 0.288 e. The molecule has 0 saturated heterocycles. The molecule has 0 aliphatic carbocycles. The van der Waals surface area contributed by atoms with Crippen LogP contribution in [0.25, 0.3) is 0 Å². The van der Waals surface area contributed by atoms with Crippen LogP contribution in [0.4, 0.5) is 0 Å². The van der Waals surface area contributed by atoms with Crippen molar-refractivity contribution in [3.8, 4) is 0 Å². The number of hydrogen-bond donors (Lipinski definition) is 2. The molecule has 0 bridgehead atoms. The molecule has 0 unspecified atom stereocenters. The Kier molecular flexibility index (Phi) is 8.95. The maximum absolute atomic E-state index is 11.4. The highest BCUT2D eigenvalue weighted by Crippen LogP contribution is 2.15. The lowest BCUT2D eigenvalue weighted by Crippen LogP contribution is -2.47. The average molecular weight is 371 g/mol. The fraction of sp³-hybridized carbons (Fsp3) is 0.800. The van der Waals surface area contributed by atoms with Gasteiger partial charge in [-0.1, -0.05) is 41.5 Å². The van der Waals surface area contributed by atoms with Crippen molar-refractivity contribution >= 4 is 23.4 Å². The van der Waals surface area contributed by atoms with Gasteiger partial charge in [-0.15, -0.1) is 0 Å². The second kappa shape index (κ2) is 8.78. The zero-order chi connectivity index (χ0) is 21.7. The van der Waals surface area contributed by atoms with Crippen molar-refractivity contribution in [2.24, 2.45) is 10.8 Å². The molecule has 0 radical (unpaired) electrons. The molecular formula is C20H38N2O4. The number of Topliss-reactive ketones (excluding diaryl/α,β-unsaturated/α-hetero) is 2. The SMILES string of the molecule is CC(C)(C)NC(=O)C(=O)C(C)(C)C.CC(C)(C)NC(=O)C(=O)C(C)(C)C. The first-order chi connectivity index (χ1) is 11.1. The number of ketones is 2. The summed E-state index contributed by atoms with van der Waals surface area (Å²) >= 11 is 0. The molecule has 0 heterocycles. The summed E-state index contributed by atoms with van der Waals surface area (Å²) in [5.41, 5.74) is -1.90. The Labute approximate surface area is 158 Å². The summed E-state index contributed by atoms with van der Waals surface area (Å²) in [6, 6.07) is 0. The van der Waals surface area contributed by atoms with Gasteiger partial charge in [0, 0.05) is 21.9 Å². The normalized spacial score (nSPS) is 12.5. The third-order valence-electron chi connectivity index (χ3n) is 2.75. The summed E-state index contributed by atoms with van der Waals surface area (Å²) in [5.74, 6) is -1.75. The van der Waals surface area contributed by atoms with Crippen molar-refractivity contribution in [1.82, 2.24) is 10.6 Å². The Bertz CT molecular complexity index is 486. The monoisotopic (exact) mass is 370 g/mol. The van der Waals surface area contributed by atoms with Gasteiger partial charge in [-0.3, -0.25) is 19.2 Å². The molecule has 0 atom stereocenters. The third-order valence-corrected chi connectivity index (χ3v) is 2.75. The molecule has 6 nitrogen and oxygen atoms in total. The van der Waals surface area contributed by atoms with Crippen molar-refractivity contribution < 1.29 is 19.2 Å². The lowest BCUT2D eigenvalue weighted by molar-refractivity contribution is -0.143. The van der Waals surface area contributed by atoms with E-state index >= 15 is 0 Å². The largest absolute Gasteiger partial charge is 0.345 e. The first-order valence-corrected chi connectivity index (χ1v) is 8.82. The summed E-state index contributed by atoms with van der Waals surface area (Å²) in [7, 11) is 0. The van der Waals surface area contributed by atoms with Gasteiger partial charge in [-0.25, -0.2) is 0 Å². The molecule has 0 rings (SSSR count). The highest BCUT2D eigenvalue weighted by molar-refractivity contribution is 6.38. The van der Waals surface area contributed by atoms with Crippen LogP contribution in [0.1, 0.15) is 83.1 Å². The maximum atomic E-state index is 11.4. The summed E-state index contributed by atoms with van der Waals surface area (Å²) in [5, 5.41) is 5.27. The van der Waals surface area contributed by atoms with E-state index in [4.69, 9.17) is 0 Å². The van der Waals surface area contributed by atoms with Crippen LogP contribution < -0.4 is 10.6 Å². The van der Waals surface area contributed by atoms with Crippen LogP contribution in [0.15, 0.2) is 0 Å². The van der Waals surface area contributed by atoms with Gasteiger partial charge in [-0.2, -0.15) is 0 Å². The van der Waals surface area contributed by atoms with Crippen LogP contribution in [-0.4, -0.2) is 34.5 Å². The lowest BCUT2D eigenvalue weighted by atomic mass is 9.90. The molecule has 2 amide bonds. The standard InChI is InChI=1S/2C10H19NO2/c2*1-9(2,3)7(12)8(13)11-10(4,5)6/h2*1-6H3,(H,11,13). The Balaban J connectivity index is 0. The van der Waals surface area contributed by atoms with E-state index in [9.17, 15) is 19.2 Å². The molecule has 2 N–H and O–H groups in total. The summed E-state index contributed by atoms with van der Waals surface area (Å²) in [4.78, 5) is 45.5. The third kappa shape index (κ3) is 12.6. The van der Waals surface area contributed by atoms with E-state index < -0.39 is 22.6 Å². The second-order valence-corrected chi connectivity index (χ2v) is 10.6. The zero-order valence-corrected chi connectivity index (χ0v) is 18.6. The predicted molar refractivity (Wildman–Crippen MR) is 105 cm³/mol. The van der Waals surface area contributed by atoms with Gasteiger partial charge in [0.25, 0.3) is 11.8 Å². The number of amides is 2. The van der Waals surface area contributed by atoms with Crippen LogP contribution in [0, 0.1) is 10.8 Å². The van der Waals surface area contributed by atoms with Crippen LogP contribution in [0.5, 0.6) is 0 Å². The van der Waals surface area contributed by atoms with Crippen molar-refractivity contribution in [2.75, 3.05) is 0 Å². The highest BCUT2D eigenvalue weighted by atomic mass is 16.2. The molecule has 152 valence electrons. The number of carbonyl (C=O) groups is 4. The molecule has 0 aliphatic rings. The molecule has 0 aromatic carbocycles. The van der Waals surface area contributed by atoms with Crippen LogP contribution in [0.3, 0.4) is 0 Å². The van der Waals surface area contributed by atoms with Crippen molar-refractivity contribution in [1.29, 1.82) is 0 Å².